The van der Waals surface area contributed by atoms with Gasteiger partial charge in [0.25, 0.3) is 0 Å². The van der Waals surface area contributed by atoms with Crippen molar-refractivity contribution in [2.45, 2.75) is 39.2 Å². The number of amides is 1. The Morgan fingerprint density at radius 1 is 1.52 bits per heavy atom. The van der Waals surface area contributed by atoms with Gasteiger partial charge in [0.1, 0.15) is 0 Å². The lowest BCUT2D eigenvalue weighted by Gasteiger charge is -2.42. The Labute approximate surface area is 134 Å². The van der Waals surface area contributed by atoms with Crippen molar-refractivity contribution in [1.29, 1.82) is 0 Å². The van der Waals surface area contributed by atoms with Gasteiger partial charge in [-0.1, -0.05) is 19.0 Å². The van der Waals surface area contributed by atoms with Crippen LogP contribution >= 0.6 is 0 Å². The largest absolute Gasteiger partial charge is 0.461 e. The van der Waals surface area contributed by atoms with Gasteiger partial charge in [0, 0.05) is 32.0 Å². The molecule has 0 bridgehead atoms. The number of carbonyl (C=O) groups is 1. The molecule has 1 aliphatic heterocycles. The third-order valence-electron chi connectivity index (χ3n) is 4.43. The molecule has 0 aliphatic carbocycles. The second-order valence-corrected chi connectivity index (χ2v) is 6.69. The molecule has 1 aliphatic rings. The first-order chi connectivity index (χ1) is 11.0. The Bertz CT molecular complexity index is 663. The summed E-state index contributed by atoms with van der Waals surface area (Å²) in [5.74, 6) is 1.50. The van der Waals surface area contributed by atoms with Gasteiger partial charge in [-0.05, 0) is 24.0 Å². The van der Waals surface area contributed by atoms with Crippen molar-refractivity contribution < 1.29 is 13.7 Å². The summed E-state index contributed by atoms with van der Waals surface area (Å²) in [5, 5.41) is 3.86. The van der Waals surface area contributed by atoms with Crippen LogP contribution in [-0.4, -0.2) is 40.1 Å². The first kappa shape index (κ1) is 15.7. The highest BCUT2D eigenvalue weighted by Gasteiger charge is 2.35. The summed E-state index contributed by atoms with van der Waals surface area (Å²) in [6.45, 7) is 5.61. The lowest BCUT2D eigenvalue weighted by Crippen LogP contribution is -2.54. The molecular formula is C16H22N4O3. The summed E-state index contributed by atoms with van der Waals surface area (Å²) in [4.78, 5) is 18.5. The van der Waals surface area contributed by atoms with Crippen LogP contribution in [0.5, 0.6) is 0 Å². The van der Waals surface area contributed by atoms with E-state index in [1.165, 1.54) is 0 Å². The number of nitrogens with zero attached hydrogens (tertiary/aromatic N) is 3. The highest BCUT2D eigenvalue weighted by molar-refractivity contribution is 5.76. The zero-order valence-corrected chi connectivity index (χ0v) is 13.5. The quantitative estimate of drug-likeness (QED) is 0.923. The molecule has 1 saturated heterocycles. The van der Waals surface area contributed by atoms with E-state index < -0.39 is 0 Å². The molecule has 2 aromatic heterocycles. The minimum atomic E-state index is -0.0507. The summed E-state index contributed by atoms with van der Waals surface area (Å²) in [6, 6.07) is 3.66. The molecule has 1 amide bonds. The number of nitrogens with two attached hydrogens (primary N) is 1. The number of hydrogen-bond donors (Lipinski definition) is 1. The molecule has 3 heterocycles. The van der Waals surface area contributed by atoms with Gasteiger partial charge in [-0.3, -0.25) is 4.79 Å². The lowest BCUT2D eigenvalue weighted by atomic mass is 9.79. The number of aryl methyl sites for hydroxylation is 1. The van der Waals surface area contributed by atoms with Crippen molar-refractivity contribution in [3.05, 3.63) is 24.3 Å². The average Bonchev–Trinajstić information content (AvgIpc) is 3.17. The van der Waals surface area contributed by atoms with Crippen LogP contribution in [0, 0.1) is 5.41 Å². The van der Waals surface area contributed by atoms with E-state index in [2.05, 4.69) is 24.0 Å². The highest BCUT2D eigenvalue weighted by atomic mass is 16.5. The second kappa shape index (κ2) is 6.16. The standard InChI is InChI=1S/C16H22N4O3/c1-16(2)10-20(8-7-12(16)17)14(21)6-5-13-18-15(19-23-13)11-4-3-9-22-11/h3-4,9,12H,5-8,10,17H2,1-2H3. The molecule has 3 rings (SSSR count). The van der Waals surface area contributed by atoms with Crippen LogP contribution in [-0.2, 0) is 11.2 Å². The van der Waals surface area contributed by atoms with E-state index >= 15 is 0 Å². The maximum absolute atomic E-state index is 12.4. The van der Waals surface area contributed by atoms with Gasteiger partial charge in [-0.25, -0.2) is 0 Å². The van der Waals surface area contributed by atoms with Crippen LogP contribution < -0.4 is 5.73 Å². The maximum atomic E-state index is 12.4. The van der Waals surface area contributed by atoms with Crippen LogP contribution in [0.1, 0.15) is 32.6 Å². The predicted molar refractivity (Wildman–Crippen MR) is 83.3 cm³/mol. The molecule has 1 atom stereocenters. The van der Waals surface area contributed by atoms with Crippen LogP contribution in [0.3, 0.4) is 0 Å². The first-order valence-electron chi connectivity index (χ1n) is 7.85. The Morgan fingerprint density at radius 2 is 2.35 bits per heavy atom. The number of aromatic nitrogens is 2. The van der Waals surface area contributed by atoms with Crippen molar-refractivity contribution in [3.8, 4) is 11.6 Å². The molecule has 23 heavy (non-hydrogen) atoms. The van der Waals surface area contributed by atoms with E-state index in [0.29, 0.717) is 43.4 Å². The van der Waals surface area contributed by atoms with Crippen molar-refractivity contribution in [1.82, 2.24) is 15.0 Å². The Balaban J connectivity index is 1.55. The summed E-state index contributed by atoms with van der Waals surface area (Å²) in [6.07, 6.45) is 3.17. The predicted octanol–water partition coefficient (Wildman–Crippen LogP) is 1.85. The lowest BCUT2D eigenvalue weighted by molar-refractivity contribution is -0.134. The zero-order valence-electron chi connectivity index (χ0n) is 13.5. The van der Waals surface area contributed by atoms with Gasteiger partial charge in [0.2, 0.25) is 17.6 Å². The van der Waals surface area contributed by atoms with Crippen molar-refractivity contribution in [2.75, 3.05) is 13.1 Å². The number of likely N-dealkylation sites (tertiary alicyclic amines) is 1. The molecule has 0 aromatic carbocycles. The van der Waals surface area contributed by atoms with Crippen molar-refractivity contribution >= 4 is 5.91 Å². The average molecular weight is 318 g/mol. The van der Waals surface area contributed by atoms with E-state index in [0.717, 1.165) is 6.42 Å². The number of carbonyl (C=O) groups excluding carboxylic acids is 1. The summed E-state index contributed by atoms with van der Waals surface area (Å²) < 4.78 is 10.4. The molecule has 0 saturated carbocycles. The van der Waals surface area contributed by atoms with E-state index in [1.807, 2.05) is 4.90 Å². The highest BCUT2D eigenvalue weighted by Crippen LogP contribution is 2.28. The molecule has 124 valence electrons. The second-order valence-electron chi connectivity index (χ2n) is 6.69. The summed E-state index contributed by atoms with van der Waals surface area (Å²) in [5.41, 5.74) is 6.06. The third-order valence-corrected chi connectivity index (χ3v) is 4.43. The van der Waals surface area contributed by atoms with Gasteiger partial charge >= 0.3 is 0 Å². The molecule has 2 aromatic rings. The molecule has 2 N–H and O–H groups in total. The molecule has 7 nitrogen and oxygen atoms in total. The van der Waals surface area contributed by atoms with Gasteiger partial charge < -0.3 is 19.6 Å². The minimum Gasteiger partial charge on any atom is -0.461 e. The fourth-order valence-electron chi connectivity index (χ4n) is 2.82. The molecular weight excluding hydrogens is 296 g/mol. The zero-order chi connectivity index (χ0) is 16.4. The van der Waals surface area contributed by atoms with Crippen molar-refractivity contribution in [2.24, 2.45) is 11.1 Å². The first-order valence-corrected chi connectivity index (χ1v) is 7.85. The minimum absolute atomic E-state index is 0.0507. The van der Waals surface area contributed by atoms with E-state index in [-0.39, 0.29) is 17.4 Å². The fourth-order valence-corrected chi connectivity index (χ4v) is 2.82. The monoisotopic (exact) mass is 318 g/mol. The molecule has 0 spiro atoms. The van der Waals surface area contributed by atoms with Crippen LogP contribution in [0.2, 0.25) is 0 Å². The number of furan rings is 1. The maximum Gasteiger partial charge on any atom is 0.238 e. The molecule has 1 unspecified atom stereocenters. The Kier molecular flexibility index (Phi) is 4.21. The van der Waals surface area contributed by atoms with Crippen molar-refractivity contribution in [3.63, 3.8) is 0 Å². The Morgan fingerprint density at radius 3 is 3.04 bits per heavy atom. The van der Waals surface area contributed by atoms with Gasteiger partial charge in [-0.15, -0.1) is 0 Å². The van der Waals surface area contributed by atoms with Gasteiger partial charge in [-0.2, -0.15) is 4.98 Å². The number of rotatable bonds is 4. The SMILES string of the molecule is CC1(C)CN(C(=O)CCc2nc(-c3ccco3)no2)CCC1N. The van der Waals surface area contributed by atoms with Crippen LogP contribution in [0.15, 0.2) is 27.3 Å². The molecule has 7 heteroatoms. The van der Waals surface area contributed by atoms with E-state index in [1.54, 1.807) is 18.4 Å². The fraction of sp³-hybridized carbons (Fsp3) is 0.562. The summed E-state index contributed by atoms with van der Waals surface area (Å²) >= 11 is 0. The van der Waals surface area contributed by atoms with Crippen LogP contribution in [0.4, 0.5) is 0 Å². The summed E-state index contributed by atoms with van der Waals surface area (Å²) in [7, 11) is 0. The van der Waals surface area contributed by atoms with E-state index in [9.17, 15) is 4.79 Å². The third kappa shape index (κ3) is 3.44. The van der Waals surface area contributed by atoms with E-state index in [4.69, 9.17) is 14.7 Å². The van der Waals surface area contributed by atoms with Gasteiger partial charge in [0.15, 0.2) is 5.76 Å². The van der Waals surface area contributed by atoms with Crippen LogP contribution in [0.25, 0.3) is 11.6 Å². The molecule has 0 radical (unpaired) electrons. The number of hydrogen-bond acceptors (Lipinski definition) is 6. The topological polar surface area (TPSA) is 98.4 Å². The number of piperidine rings is 1. The Hall–Kier alpha value is -2.15. The smallest absolute Gasteiger partial charge is 0.238 e. The molecule has 1 fully saturated rings. The normalized spacial score (nSPS) is 20.7. The van der Waals surface area contributed by atoms with Gasteiger partial charge in [0.05, 0.1) is 6.26 Å².